The number of ether oxygens (including phenoxy) is 2. The molecule has 0 unspecified atom stereocenters. The Morgan fingerprint density at radius 3 is 2.71 bits per heavy atom. The standard InChI is InChI=1S/C14H16N2O3S2/c1-20-13-5-12-11(18-2-3-19-12)4-9(13)6-15-7-10-8-21-14(17)16-10/h4-5,8,15H,2-3,6-7H2,1H3,(H,16,17). The molecule has 5 nitrogen and oxygen atoms in total. The van der Waals surface area contributed by atoms with Gasteiger partial charge >= 0.3 is 4.87 Å². The van der Waals surface area contributed by atoms with E-state index in [0.29, 0.717) is 26.3 Å². The Hall–Kier alpha value is -1.44. The number of thiazole rings is 1. The Labute approximate surface area is 130 Å². The van der Waals surface area contributed by atoms with Crippen molar-refractivity contribution < 1.29 is 9.47 Å². The maximum Gasteiger partial charge on any atom is 0.304 e. The molecule has 21 heavy (non-hydrogen) atoms. The third kappa shape index (κ3) is 3.42. The van der Waals surface area contributed by atoms with Crippen molar-refractivity contribution in [2.75, 3.05) is 19.5 Å². The number of hydrogen-bond donors (Lipinski definition) is 2. The molecule has 1 aliphatic rings. The van der Waals surface area contributed by atoms with Gasteiger partial charge in [-0.2, -0.15) is 0 Å². The first-order valence-corrected chi connectivity index (χ1v) is 8.70. The molecular weight excluding hydrogens is 308 g/mol. The minimum atomic E-state index is -0.0177. The van der Waals surface area contributed by atoms with Gasteiger partial charge in [0.15, 0.2) is 11.5 Å². The summed E-state index contributed by atoms with van der Waals surface area (Å²) in [6.07, 6.45) is 2.05. The van der Waals surface area contributed by atoms with Crippen LogP contribution >= 0.6 is 23.1 Å². The average Bonchev–Trinajstić information content (AvgIpc) is 2.92. The second-order valence-corrected chi connectivity index (χ2v) is 6.27. The molecule has 3 rings (SSSR count). The summed E-state index contributed by atoms with van der Waals surface area (Å²) in [6, 6.07) is 4.06. The van der Waals surface area contributed by atoms with Crippen LogP contribution in [-0.4, -0.2) is 24.5 Å². The average molecular weight is 324 g/mol. The van der Waals surface area contributed by atoms with Gasteiger partial charge in [0, 0.05) is 29.1 Å². The molecule has 0 aliphatic carbocycles. The van der Waals surface area contributed by atoms with Crippen LogP contribution in [0.15, 0.2) is 27.2 Å². The van der Waals surface area contributed by atoms with Crippen molar-refractivity contribution in [1.82, 2.24) is 10.3 Å². The zero-order valence-electron chi connectivity index (χ0n) is 11.6. The zero-order valence-corrected chi connectivity index (χ0v) is 13.2. The van der Waals surface area contributed by atoms with E-state index in [4.69, 9.17) is 9.47 Å². The fraction of sp³-hybridized carbons (Fsp3) is 0.357. The maximum absolute atomic E-state index is 11.1. The summed E-state index contributed by atoms with van der Waals surface area (Å²) in [7, 11) is 0. The van der Waals surface area contributed by atoms with Crippen LogP contribution in [0.2, 0.25) is 0 Å². The minimum Gasteiger partial charge on any atom is -0.486 e. The topological polar surface area (TPSA) is 63.4 Å². The number of H-pyrrole nitrogens is 1. The van der Waals surface area contributed by atoms with Crippen molar-refractivity contribution in [2.24, 2.45) is 0 Å². The van der Waals surface area contributed by atoms with E-state index in [0.717, 1.165) is 17.2 Å². The van der Waals surface area contributed by atoms with Gasteiger partial charge in [0.1, 0.15) is 13.2 Å². The maximum atomic E-state index is 11.1. The van der Waals surface area contributed by atoms with E-state index in [1.807, 2.05) is 23.8 Å². The van der Waals surface area contributed by atoms with Crippen LogP contribution in [0.4, 0.5) is 0 Å². The molecule has 112 valence electrons. The molecule has 7 heteroatoms. The number of benzene rings is 1. The van der Waals surface area contributed by atoms with E-state index >= 15 is 0 Å². The van der Waals surface area contributed by atoms with Crippen molar-refractivity contribution >= 4 is 23.1 Å². The molecule has 0 saturated heterocycles. The van der Waals surface area contributed by atoms with Crippen LogP contribution in [0, 0.1) is 0 Å². The van der Waals surface area contributed by atoms with Gasteiger partial charge in [0.2, 0.25) is 0 Å². The van der Waals surface area contributed by atoms with Crippen molar-refractivity contribution in [3.63, 3.8) is 0 Å². The van der Waals surface area contributed by atoms with Crippen LogP contribution in [-0.2, 0) is 13.1 Å². The Morgan fingerprint density at radius 2 is 2.05 bits per heavy atom. The molecule has 0 radical (unpaired) electrons. The second-order valence-electron chi connectivity index (χ2n) is 4.58. The number of thioether (sulfide) groups is 1. The lowest BCUT2D eigenvalue weighted by molar-refractivity contribution is 0.171. The third-order valence-corrected chi connectivity index (χ3v) is 4.69. The first-order valence-electron chi connectivity index (χ1n) is 6.60. The molecule has 0 amide bonds. The predicted molar refractivity (Wildman–Crippen MR) is 84.7 cm³/mol. The Balaban J connectivity index is 1.70. The molecule has 1 aliphatic heterocycles. The van der Waals surface area contributed by atoms with Crippen molar-refractivity contribution in [3.05, 3.63) is 38.4 Å². The smallest absolute Gasteiger partial charge is 0.304 e. The Kier molecular flexibility index (Phi) is 4.52. The van der Waals surface area contributed by atoms with Crippen LogP contribution in [0.1, 0.15) is 11.3 Å². The highest BCUT2D eigenvalue weighted by Crippen LogP contribution is 2.36. The molecular formula is C14H16N2O3S2. The number of hydrogen-bond acceptors (Lipinski definition) is 6. The molecule has 2 aromatic rings. The number of nitrogens with one attached hydrogen (secondary N) is 2. The van der Waals surface area contributed by atoms with Crippen LogP contribution in [0.25, 0.3) is 0 Å². The third-order valence-electron chi connectivity index (χ3n) is 3.15. The highest BCUT2D eigenvalue weighted by molar-refractivity contribution is 7.98. The van der Waals surface area contributed by atoms with Crippen LogP contribution in [0.5, 0.6) is 11.5 Å². The number of aromatic amines is 1. The first kappa shape index (κ1) is 14.5. The largest absolute Gasteiger partial charge is 0.486 e. The fourth-order valence-corrected chi connectivity index (χ4v) is 3.37. The van der Waals surface area contributed by atoms with Gasteiger partial charge in [-0.05, 0) is 24.0 Å². The highest BCUT2D eigenvalue weighted by atomic mass is 32.2. The van der Waals surface area contributed by atoms with Crippen molar-refractivity contribution in [3.8, 4) is 11.5 Å². The molecule has 0 fully saturated rings. The molecule has 0 spiro atoms. The Morgan fingerprint density at radius 1 is 1.29 bits per heavy atom. The van der Waals surface area contributed by atoms with Crippen molar-refractivity contribution in [1.29, 1.82) is 0 Å². The lowest BCUT2D eigenvalue weighted by atomic mass is 10.2. The minimum absolute atomic E-state index is 0.0177. The van der Waals surface area contributed by atoms with E-state index < -0.39 is 0 Å². The van der Waals surface area contributed by atoms with Gasteiger partial charge in [-0.15, -0.1) is 11.8 Å². The normalized spacial score (nSPS) is 13.4. The van der Waals surface area contributed by atoms with E-state index in [-0.39, 0.29) is 4.87 Å². The molecule has 2 N–H and O–H groups in total. The van der Waals surface area contributed by atoms with Gasteiger partial charge in [-0.25, -0.2) is 0 Å². The summed E-state index contributed by atoms with van der Waals surface area (Å²) in [5.74, 6) is 1.62. The molecule has 1 aromatic carbocycles. The summed E-state index contributed by atoms with van der Waals surface area (Å²) < 4.78 is 11.2. The summed E-state index contributed by atoms with van der Waals surface area (Å²) >= 11 is 2.87. The predicted octanol–water partition coefficient (Wildman–Crippen LogP) is 2.22. The molecule has 1 aromatic heterocycles. The van der Waals surface area contributed by atoms with E-state index in [1.54, 1.807) is 11.8 Å². The first-order chi connectivity index (χ1) is 10.3. The quantitative estimate of drug-likeness (QED) is 0.826. The summed E-state index contributed by atoms with van der Waals surface area (Å²) in [5.41, 5.74) is 2.08. The number of rotatable bonds is 5. The van der Waals surface area contributed by atoms with Crippen molar-refractivity contribution in [2.45, 2.75) is 18.0 Å². The van der Waals surface area contributed by atoms with Crippen LogP contribution in [0.3, 0.4) is 0 Å². The summed E-state index contributed by atoms with van der Waals surface area (Å²) in [5, 5.41) is 5.18. The highest BCUT2D eigenvalue weighted by Gasteiger charge is 2.15. The van der Waals surface area contributed by atoms with E-state index in [1.165, 1.54) is 21.8 Å². The van der Waals surface area contributed by atoms with E-state index in [9.17, 15) is 4.79 Å². The zero-order chi connectivity index (χ0) is 14.7. The van der Waals surface area contributed by atoms with Gasteiger partial charge in [0.25, 0.3) is 0 Å². The summed E-state index contributed by atoms with van der Waals surface area (Å²) in [6.45, 7) is 2.55. The molecule has 0 bridgehead atoms. The molecule has 0 saturated carbocycles. The van der Waals surface area contributed by atoms with E-state index in [2.05, 4.69) is 10.3 Å². The second kappa shape index (κ2) is 6.55. The van der Waals surface area contributed by atoms with Gasteiger partial charge in [-0.1, -0.05) is 11.3 Å². The van der Waals surface area contributed by atoms with Gasteiger partial charge in [-0.3, -0.25) is 4.79 Å². The Bertz CT molecular complexity index is 681. The fourth-order valence-electron chi connectivity index (χ4n) is 2.17. The van der Waals surface area contributed by atoms with Gasteiger partial charge < -0.3 is 19.8 Å². The monoisotopic (exact) mass is 324 g/mol. The molecule has 2 heterocycles. The molecule has 0 atom stereocenters. The lowest BCUT2D eigenvalue weighted by Gasteiger charge is -2.20. The van der Waals surface area contributed by atoms with Gasteiger partial charge in [0.05, 0.1) is 0 Å². The summed E-state index contributed by atoms with van der Waals surface area (Å²) in [4.78, 5) is 15.0. The van der Waals surface area contributed by atoms with Crippen LogP contribution < -0.4 is 19.7 Å². The number of aromatic nitrogens is 1. The lowest BCUT2D eigenvalue weighted by Crippen LogP contribution is -2.17. The number of fused-ring (bicyclic) bond motifs is 1. The SMILES string of the molecule is CSc1cc2c(cc1CNCc1csc(=O)[nH]1)OCCO2.